The molecule has 2 saturated carbocycles. The van der Waals surface area contributed by atoms with Gasteiger partial charge in [-0.1, -0.05) is 12.1 Å². The molecule has 182 valence electrons. The number of hydrogen-bond donors (Lipinski definition) is 2. The van der Waals surface area contributed by atoms with E-state index in [2.05, 4.69) is 44.4 Å². The number of fused-ring (bicyclic) bond motifs is 5. The summed E-state index contributed by atoms with van der Waals surface area (Å²) in [6.07, 6.45) is 8.29. The van der Waals surface area contributed by atoms with Crippen LogP contribution in [0.2, 0.25) is 0 Å². The molecule has 5 unspecified atom stereocenters. The molecule has 1 aromatic heterocycles. The van der Waals surface area contributed by atoms with Crippen LogP contribution in [0.4, 0.5) is 5.13 Å². The van der Waals surface area contributed by atoms with Gasteiger partial charge in [0.25, 0.3) is 0 Å². The minimum Gasteiger partial charge on any atom is -0.507 e. The van der Waals surface area contributed by atoms with Gasteiger partial charge >= 0.3 is 0 Å². The second-order valence-electron chi connectivity index (χ2n) is 10.3. The molecule has 5 atom stereocenters. The Morgan fingerprint density at radius 3 is 2.97 bits per heavy atom. The van der Waals surface area contributed by atoms with Crippen molar-refractivity contribution in [1.82, 2.24) is 4.98 Å². The van der Waals surface area contributed by atoms with E-state index in [0.717, 1.165) is 53.6 Å². The zero-order valence-corrected chi connectivity index (χ0v) is 22.3. The van der Waals surface area contributed by atoms with Crippen molar-refractivity contribution in [3.8, 4) is 5.75 Å². The van der Waals surface area contributed by atoms with Crippen LogP contribution in [-0.2, 0) is 16.1 Å². The fourth-order valence-corrected chi connectivity index (χ4v) is 8.13. The fourth-order valence-electron chi connectivity index (χ4n) is 7.09. The van der Waals surface area contributed by atoms with Crippen molar-refractivity contribution in [3.05, 3.63) is 38.8 Å². The molecular formula is C26H32BrN3O3S. The van der Waals surface area contributed by atoms with E-state index in [-0.39, 0.29) is 11.3 Å². The number of phenolic OH excluding ortho intramolecular Hbond substituents is 1. The van der Waals surface area contributed by atoms with Crippen molar-refractivity contribution in [2.45, 2.75) is 64.7 Å². The number of nitrogens with one attached hydrogen (secondary N) is 1. The molecule has 2 fully saturated rings. The van der Waals surface area contributed by atoms with E-state index in [1.54, 1.807) is 13.3 Å². The van der Waals surface area contributed by atoms with Crippen LogP contribution in [0.15, 0.2) is 28.0 Å². The lowest BCUT2D eigenvalue weighted by Crippen LogP contribution is -2.44. The van der Waals surface area contributed by atoms with Crippen LogP contribution in [0.5, 0.6) is 5.75 Å². The molecule has 34 heavy (non-hydrogen) atoms. The van der Waals surface area contributed by atoms with Crippen molar-refractivity contribution < 1.29 is 14.7 Å². The number of hydrogen-bond acceptors (Lipinski definition) is 6. The third kappa shape index (κ3) is 4.17. The number of carbonyl (C=O) groups excluding carboxylic acids is 1. The molecule has 3 aliphatic carbocycles. The summed E-state index contributed by atoms with van der Waals surface area (Å²) in [6.45, 7) is 4.36. The van der Waals surface area contributed by atoms with Gasteiger partial charge in [0.1, 0.15) is 12.9 Å². The van der Waals surface area contributed by atoms with Crippen LogP contribution >= 0.6 is 27.3 Å². The van der Waals surface area contributed by atoms with Crippen LogP contribution in [0, 0.1) is 30.1 Å². The molecule has 0 radical (unpaired) electrons. The highest BCUT2D eigenvalue weighted by molar-refractivity contribution is 9.10. The van der Waals surface area contributed by atoms with Gasteiger partial charge in [0, 0.05) is 22.9 Å². The first kappa shape index (κ1) is 23.8. The third-order valence-corrected chi connectivity index (χ3v) is 9.94. The molecule has 5 rings (SSSR count). The van der Waals surface area contributed by atoms with Crippen LogP contribution in [-0.4, -0.2) is 28.8 Å². The molecule has 0 aliphatic heterocycles. The molecular weight excluding hydrogens is 514 g/mol. The van der Waals surface area contributed by atoms with Gasteiger partial charge in [-0.25, -0.2) is 4.98 Å². The van der Waals surface area contributed by atoms with Gasteiger partial charge < -0.3 is 15.3 Å². The highest BCUT2D eigenvalue weighted by atomic mass is 79.9. The van der Waals surface area contributed by atoms with Gasteiger partial charge in [0.15, 0.2) is 5.13 Å². The number of aromatic hydroxyl groups is 1. The van der Waals surface area contributed by atoms with Gasteiger partial charge in [0.05, 0.1) is 10.2 Å². The highest BCUT2D eigenvalue weighted by Crippen LogP contribution is 2.62. The largest absolute Gasteiger partial charge is 0.507 e. The first-order valence-electron chi connectivity index (χ1n) is 12.1. The van der Waals surface area contributed by atoms with E-state index in [1.807, 2.05) is 13.0 Å². The number of nitrogens with zero attached hydrogens (tertiary/aromatic N) is 2. The van der Waals surface area contributed by atoms with E-state index in [0.29, 0.717) is 41.0 Å². The molecule has 2 N–H and O–H groups in total. The predicted molar refractivity (Wildman–Crippen MR) is 138 cm³/mol. The highest BCUT2D eigenvalue weighted by Gasteiger charge is 2.57. The minimum absolute atomic E-state index is 0.0103. The average molecular weight is 547 g/mol. The minimum atomic E-state index is 0.0103. The summed E-state index contributed by atoms with van der Waals surface area (Å²) >= 11 is 5.04. The number of carbonyl (C=O) groups is 1. The standard InChI is InChI=1S/C26H32BrN3O3S/c1-14-13-28-25(34-14)29-23(32)7-5-16-11-22(30-33-3)26(2)9-8-17-18(24(16)26)6-4-15-10-21(31)20(27)12-19(15)17/h10,12-13,16-18,24,31H,4-9,11H2,1-3H3,(H,28,29,32). The third-order valence-electron chi connectivity index (χ3n) is 8.48. The zero-order valence-electron chi connectivity index (χ0n) is 19.9. The molecule has 1 aromatic carbocycles. The summed E-state index contributed by atoms with van der Waals surface area (Å²) in [5, 5.41) is 18.4. The van der Waals surface area contributed by atoms with Crippen molar-refractivity contribution in [2.24, 2.45) is 28.3 Å². The van der Waals surface area contributed by atoms with E-state index in [9.17, 15) is 9.90 Å². The maximum Gasteiger partial charge on any atom is 0.226 e. The zero-order chi connectivity index (χ0) is 24.0. The van der Waals surface area contributed by atoms with Crippen molar-refractivity contribution in [3.63, 3.8) is 0 Å². The van der Waals surface area contributed by atoms with Crippen LogP contribution in [0.25, 0.3) is 0 Å². The molecule has 6 nitrogen and oxygen atoms in total. The predicted octanol–water partition coefficient (Wildman–Crippen LogP) is 6.42. The molecule has 0 bridgehead atoms. The Bertz CT molecular complexity index is 1130. The Morgan fingerprint density at radius 2 is 2.24 bits per heavy atom. The number of benzene rings is 1. The smallest absolute Gasteiger partial charge is 0.226 e. The number of anilines is 1. The first-order valence-corrected chi connectivity index (χ1v) is 13.7. The number of rotatable bonds is 5. The molecule has 1 heterocycles. The van der Waals surface area contributed by atoms with E-state index >= 15 is 0 Å². The molecule has 3 aliphatic rings. The summed E-state index contributed by atoms with van der Waals surface area (Å²) in [7, 11) is 1.63. The summed E-state index contributed by atoms with van der Waals surface area (Å²) in [5.74, 6) is 2.26. The normalized spacial score (nSPS) is 31.0. The maximum atomic E-state index is 12.7. The lowest BCUT2D eigenvalue weighted by molar-refractivity contribution is -0.116. The van der Waals surface area contributed by atoms with Crippen molar-refractivity contribution in [1.29, 1.82) is 0 Å². The monoisotopic (exact) mass is 545 g/mol. The number of phenols is 1. The van der Waals surface area contributed by atoms with Gasteiger partial charge in [-0.2, -0.15) is 0 Å². The average Bonchev–Trinajstić information content (AvgIpc) is 3.33. The van der Waals surface area contributed by atoms with Crippen LogP contribution in [0.3, 0.4) is 0 Å². The lowest BCUT2D eigenvalue weighted by Gasteiger charge is -2.50. The molecule has 8 heteroatoms. The van der Waals surface area contributed by atoms with Gasteiger partial charge in [-0.05, 0) is 108 Å². The molecule has 2 aromatic rings. The Morgan fingerprint density at radius 1 is 1.41 bits per heavy atom. The van der Waals surface area contributed by atoms with Gasteiger partial charge in [-0.3, -0.25) is 4.79 Å². The first-order chi connectivity index (χ1) is 16.3. The SMILES string of the molecule is CON=C1CC(CCC(=O)Nc2ncc(C)s2)C2C3CCc4cc(O)c(Br)cc4C3CCC12C. The number of halogens is 1. The van der Waals surface area contributed by atoms with E-state index in [4.69, 9.17) is 4.84 Å². The Labute approximate surface area is 213 Å². The summed E-state index contributed by atoms with van der Waals surface area (Å²) in [4.78, 5) is 23.4. The number of thiazole rings is 1. The second-order valence-corrected chi connectivity index (χ2v) is 12.4. The lowest BCUT2D eigenvalue weighted by atomic mass is 9.54. The number of aryl methyl sites for hydroxylation is 2. The fraction of sp³-hybridized carbons (Fsp3) is 0.577. The summed E-state index contributed by atoms with van der Waals surface area (Å²) < 4.78 is 0.777. The quantitative estimate of drug-likeness (QED) is 0.424. The summed E-state index contributed by atoms with van der Waals surface area (Å²) in [6, 6.07) is 4.08. The number of aromatic nitrogens is 1. The Kier molecular flexibility index (Phi) is 6.48. The molecule has 0 saturated heterocycles. The molecule has 0 spiro atoms. The van der Waals surface area contributed by atoms with Crippen molar-refractivity contribution >= 4 is 44.0 Å². The van der Waals surface area contributed by atoms with E-state index in [1.165, 1.54) is 22.5 Å². The maximum absolute atomic E-state index is 12.7. The topological polar surface area (TPSA) is 83.8 Å². The number of amides is 1. The van der Waals surface area contributed by atoms with E-state index < -0.39 is 0 Å². The van der Waals surface area contributed by atoms with Gasteiger partial charge in [0.2, 0.25) is 5.91 Å². The van der Waals surface area contributed by atoms with Crippen LogP contribution in [0.1, 0.15) is 67.4 Å². The molecule has 1 amide bonds. The Hall–Kier alpha value is -1.93. The second kappa shape index (κ2) is 9.26. The Balaban J connectivity index is 1.39. The number of oxime groups is 1. The van der Waals surface area contributed by atoms with Crippen molar-refractivity contribution in [2.75, 3.05) is 12.4 Å². The van der Waals surface area contributed by atoms with Gasteiger partial charge in [-0.15, -0.1) is 11.3 Å². The van der Waals surface area contributed by atoms with Crippen LogP contribution < -0.4 is 5.32 Å². The summed E-state index contributed by atoms with van der Waals surface area (Å²) in [5.41, 5.74) is 3.84.